The zero-order valence-electron chi connectivity index (χ0n) is 6.93. The monoisotopic (exact) mass is 155 g/mol. The second-order valence-electron chi connectivity index (χ2n) is 3.03. The smallest absolute Gasteiger partial charge is 0.212 e. The minimum absolute atomic E-state index is 0.178. The van der Waals surface area contributed by atoms with Crippen LogP contribution in [-0.4, -0.2) is 17.9 Å². The van der Waals surface area contributed by atoms with Gasteiger partial charge in [-0.25, -0.2) is 0 Å². The van der Waals surface area contributed by atoms with Crippen molar-refractivity contribution in [2.45, 2.75) is 27.2 Å². The number of ketones is 2. The fourth-order valence-corrected chi connectivity index (χ4v) is 0.504. The first-order chi connectivity index (χ1) is 4.90. The second-order valence-corrected chi connectivity index (χ2v) is 3.03. The van der Waals surface area contributed by atoms with Gasteiger partial charge < -0.3 is 0 Å². The Morgan fingerprint density at radius 2 is 1.82 bits per heavy atom. The molecule has 3 nitrogen and oxygen atoms in total. The summed E-state index contributed by atoms with van der Waals surface area (Å²) in [6.07, 6.45) is 1.42. The van der Waals surface area contributed by atoms with Crippen molar-refractivity contribution in [3.8, 4) is 0 Å². The van der Waals surface area contributed by atoms with Crippen molar-refractivity contribution < 1.29 is 14.4 Å². The second kappa shape index (κ2) is 3.42. The molecule has 0 aromatic heterocycles. The average Bonchev–Trinajstić information content (AvgIpc) is 1.86. The van der Waals surface area contributed by atoms with E-state index >= 15 is 0 Å². The average molecular weight is 155 g/mol. The van der Waals surface area contributed by atoms with Gasteiger partial charge in [0, 0.05) is 0 Å². The van der Waals surface area contributed by atoms with Gasteiger partial charge in [0.05, 0.1) is 11.8 Å². The van der Waals surface area contributed by atoms with Gasteiger partial charge in [-0.1, -0.05) is 0 Å². The molecule has 0 fully saturated rings. The van der Waals surface area contributed by atoms with Crippen LogP contribution >= 0.6 is 0 Å². The van der Waals surface area contributed by atoms with E-state index in [-0.39, 0.29) is 18.0 Å². The summed E-state index contributed by atoms with van der Waals surface area (Å²) in [6, 6.07) is 0. The summed E-state index contributed by atoms with van der Waals surface area (Å²) in [5.74, 6) is -0.599. The quantitative estimate of drug-likeness (QED) is 0.560. The molecule has 0 N–H and O–H groups in total. The van der Waals surface area contributed by atoms with Crippen LogP contribution in [0.15, 0.2) is 0 Å². The summed E-state index contributed by atoms with van der Waals surface area (Å²) in [5.41, 5.74) is -1.13. The van der Waals surface area contributed by atoms with Crippen LogP contribution in [0.2, 0.25) is 0 Å². The fraction of sp³-hybridized carbons (Fsp3) is 0.625. The van der Waals surface area contributed by atoms with Crippen LogP contribution in [0, 0.1) is 5.41 Å². The van der Waals surface area contributed by atoms with E-state index in [1.54, 1.807) is 6.29 Å². The van der Waals surface area contributed by atoms with Crippen LogP contribution in [0.1, 0.15) is 27.2 Å². The molecular formula is C8H11O3. The van der Waals surface area contributed by atoms with E-state index in [1.165, 1.54) is 20.8 Å². The maximum Gasteiger partial charge on any atom is 0.212 e. The molecular weight excluding hydrogens is 144 g/mol. The van der Waals surface area contributed by atoms with Crippen molar-refractivity contribution in [3.05, 3.63) is 0 Å². The summed E-state index contributed by atoms with van der Waals surface area (Å²) in [7, 11) is 0. The lowest BCUT2D eigenvalue weighted by Gasteiger charge is -2.11. The third-order valence-corrected chi connectivity index (χ3v) is 1.36. The van der Waals surface area contributed by atoms with Gasteiger partial charge in [0.15, 0.2) is 5.78 Å². The fourth-order valence-electron chi connectivity index (χ4n) is 0.504. The minimum atomic E-state index is -1.13. The number of rotatable bonds is 4. The highest BCUT2D eigenvalue weighted by molar-refractivity contribution is 6.06. The Balaban J connectivity index is 4.24. The Hall–Kier alpha value is -0.990. The highest BCUT2D eigenvalue weighted by Gasteiger charge is 2.28. The Morgan fingerprint density at radius 3 is 2.09 bits per heavy atom. The number of carbonyl (C=O) groups excluding carboxylic acids is 3. The van der Waals surface area contributed by atoms with Gasteiger partial charge in [0.1, 0.15) is 5.78 Å². The molecule has 0 aliphatic carbocycles. The standard InChI is InChI=1S/C8H11O3/c1-6(10)4-7(11)8(2,3)5-9/h4H2,1-3H3. The first kappa shape index (κ1) is 10.0. The molecule has 0 spiro atoms. The molecule has 0 atom stereocenters. The first-order valence-corrected chi connectivity index (χ1v) is 3.32. The largest absolute Gasteiger partial charge is 0.300 e. The van der Waals surface area contributed by atoms with Crippen molar-refractivity contribution >= 4 is 17.9 Å². The lowest BCUT2D eigenvalue weighted by Crippen LogP contribution is -2.27. The lowest BCUT2D eigenvalue weighted by atomic mass is 9.87. The molecule has 0 aliphatic rings. The molecule has 0 amide bonds. The molecule has 0 aliphatic heterocycles. The van der Waals surface area contributed by atoms with Crippen molar-refractivity contribution in [1.29, 1.82) is 0 Å². The first-order valence-electron chi connectivity index (χ1n) is 3.32. The highest BCUT2D eigenvalue weighted by atomic mass is 16.2. The zero-order valence-corrected chi connectivity index (χ0v) is 6.93. The molecule has 0 saturated carbocycles. The zero-order chi connectivity index (χ0) is 9.07. The van der Waals surface area contributed by atoms with Crippen molar-refractivity contribution in [2.24, 2.45) is 5.41 Å². The Morgan fingerprint density at radius 1 is 1.36 bits per heavy atom. The van der Waals surface area contributed by atoms with E-state index in [2.05, 4.69) is 0 Å². The third-order valence-electron chi connectivity index (χ3n) is 1.36. The predicted octanol–water partition coefficient (Wildman–Crippen LogP) is 0.670. The van der Waals surface area contributed by atoms with E-state index in [4.69, 9.17) is 0 Å². The number of hydrogen-bond acceptors (Lipinski definition) is 3. The molecule has 0 bridgehead atoms. The van der Waals surface area contributed by atoms with E-state index in [1.807, 2.05) is 0 Å². The van der Waals surface area contributed by atoms with Gasteiger partial charge in [0.25, 0.3) is 0 Å². The topological polar surface area (TPSA) is 51.2 Å². The molecule has 0 aromatic carbocycles. The van der Waals surface area contributed by atoms with Crippen LogP contribution in [-0.2, 0) is 14.4 Å². The minimum Gasteiger partial charge on any atom is -0.300 e. The molecule has 0 heterocycles. The van der Waals surface area contributed by atoms with Crippen LogP contribution in [0.25, 0.3) is 0 Å². The van der Waals surface area contributed by atoms with E-state index in [9.17, 15) is 14.4 Å². The highest BCUT2D eigenvalue weighted by Crippen LogP contribution is 2.14. The van der Waals surface area contributed by atoms with Gasteiger partial charge in [-0.2, -0.15) is 0 Å². The molecule has 1 radical (unpaired) electrons. The van der Waals surface area contributed by atoms with Crippen LogP contribution < -0.4 is 0 Å². The van der Waals surface area contributed by atoms with Crippen molar-refractivity contribution in [2.75, 3.05) is 0 Å². The van der Waals surface area contributed by atoms with E-state index in [0.717, 1.165) is 0 Å². The molecule has 3 heteroatoms. The Labute approximate surface area is 65.8 Å². The molecule has 61 valence electrons. The van der Waals surface area contributed by atoms with Gasteiger partial charge >= 0.3 is 0 Å². The molecule has 0 aromatic rings. The van der Waals surface area contributed by atoms with E-state index in [0.29, 0.717) is 0 Å². The predicted molar refractivity (Wildman–Crippen MR) is 39.8 cm³/mol. The summed E-state index contributed by atoms with van der Waals surface area (Å²) in [4.78, 5) is 31.7. The SMILES string of the molecule is CC(=O)CC(=O)C(C)(C)[C]=O. The normalized spacial score (nSPS) is 10.8. The van der Waals surface area contributed by atoms with Gasteiger partial charge in [-0.3, -0.25) is 14.4 Å². The Bertz CT molecular complexity index is 192. The maximum atomic E-state index is 11.0. The summed E-state index contributed by atoms with van der Waals surface area (Å²) < 4.78 is 0. The van der Waals surface area contributed by atoms with Crippen molar-refractivity contribution in [1.82, 2.24) is 0 Å². The van der Waals surface area contributed by atoms with Gasteiger partial charge in [0.2, 0.25) is 6.29 Å². The van der Waals surface area contributed by atoms with Crippen molar-refractivity contribution in [3.63, 3.8) is 0 Å². The lowest BCUT2D eigenvalue weighted by molar-refractivity contribution is -0.129. The third kappa shape index (κ3) is 3.07. The molecule has 0 rings (SSSR count). The number of hydrogen-bond donors (Lipinski definition) is 0. The number of Topliss-reactive ketones (excluding diaryl/α,β-unsaturated/α-hetero) is 2. The summed E-state index contributed by atoms with van der Waals surface area (Å²) >= 11 is 0. The van der Waals surface area contributed by atoms with E-state index < -0.39 is 5.41 Å². The molecule has 0 saturated heterocycles. The van der Waals surface area contributed by atoms with Crippen LogP contribution in [0.4, 0.5) is 0 Å². The molecule has 0 unspecified atom stereocenters. The van der Waals surface area contributed by atoms with Crippen LogP contribution in [0.5, 0.6) is 0 Å². The summed E-state index contributed by atoms with van der Waals surface area (Å²) in [6.45, 7) is 4.22. The van der Waals surface area contributed by atoms with Gasteiger partial charge in [-0.15, -0.1) is 0 Å². The Kier molecular flexibility index (Phi) is 3.11. The molecule has 11 heavy (non-hydrogen) atoms. The maximum absolute atomic E-state index is 11.0. The number of carbonyl (C=O) groups is 2. The summed E-state index contributed by atoms with van der Waals surface area (Å²) in [5, 5.41) is 0. The van der Waals surface area contributed by atoms with Gasteiger partial charge in [-0.05, 0) is 20.8 Å². The van der Waals surface area contributed by atoms with Crippen LogP contribution in [0.3, 0.4) is 0 Å².